The molecule has 7 heteroatoms. The van der Waals surface area contributed by atoms with Gasteiger partial charge in [0.1, 0.15) is 0 Å². The molecule has 0 saturated carbocycles. The van der Waals surface area contributed by atoms with Crippen molar-refractivity contribution in [3.8, 4) is 11.4 Å². The third-order valence-electron chi connectivity index (χ3n) is 3.07. The minimum atomic E-state index is -4.42. The van der Waals surface area contributed by atoms with E-state index in [0.29, 0.717) is 0 Å². The van der Waals surface area contributed by atoms with Crippen LogP contribution in [0.2, 0.25) is 0 Å². The second-order valence-electron chi connectivity index (χ2n) is 5.11. The Morgan fingerprint density at radius 3 is 2.62 bits per heavy atom. The van der Waals surface area contributed by atoms with Gasteiger partial charge in [0.15, 0.2) is 0 Å². The lowest BCUT2D eigenvalue weighted by molar-refractivity contribution is -0.137. The van der Waals surface area contributed by atoms with Crippen LogP contribution in [0, 0.1) is 5.92 Å². The number of hydrogen-bond acceptors (Lipinski definition) is 4. The molecule has 1 aromatic heterocycles. The maximum Gasteiger partial charge on any atom is 0.416 e. The van der Waals surface area contributed by atoms with E-state index < -0.39 is 17.8 Å². The van der Waals surface area contributed by atoms with Crippen molar-refractivity contribution >= 4 is 0 Å². The molecule has 1 atom stereocenters. The smallest absolute Gasteiger partial charge is 0.392 e. The van der Waals surface area contributed by atoms with Crippen molar-refractivity contribution in [2.45, 2.75) is 32.5 Å². The second kappa shape index (κ2) is 5.85. The molecule has 1 unspecified atom stereocenters. The zero-order chi connectivity index (χ0) is 15.6. The van der Waals surface area contributed by atoms with E-state index in [1.54, 1.807) is 0 Å². The van der Waals surface area contributed by atoms with Gasteiger partial charge in [-0.2, -0.15) is 18.2 Å². The zero-order valence-electron chi connectivity index (χ0n) is 11.6. The Kier molecular flexibility index (Phi) is 4.32. The van der Waals surface area contributed by atoms with Crippen LogP contribution in [0.4, 0.5) is 13.2 Å². The van der Waals surface area contributed by atoms with Crippen molar-refractivity contribution in [3.05, 3.63) is 35.7 Å². The van der Waals surface area contributed by atoms with E-state index in [0.717, 1.165) is 12.1 Å². The fourth-order valence-electron chi connectivity index (χ4n) is 1.70. The molecule has 0 bridgehead atoms. The number of rotatable bonds is 4. The Bertz CT molecular complexity index is 608. The highest BCUT2D eigenvalue weighted by Crippen LogP contribution is 2.31. The molecule has 4 nitrogen and oxygen atoms in total. The average Bonchev–Trinajstić information content (AvgIpc) is 2.86. The van der Waals surface area contributed by atoms with E-state index in [1.807, 2.05) is 13.8 Å². The van der Waals surface area contributed by atoms with Crippen molar-refractivity contribution in [1.29, 1.82) is 0 Å². The van der Waals surface area contributed by atoms with Crippen LogP contribution in [-0.2, 0) is 12.6 Å². The molecule has 114 valence electrons. The second-order valence-corrected chi connectivity index (χ2v) is 5.11. The van der Waals surface area contributed by atoms with Crippen LogP contribution in [0.5, 0.6) is 0 Å². The molecule has 1 N–H and O–H groups in total. The molecule has 0 saturated heterocycles. The highest BCUT2D eigenvalue weighted by atomic mass is 19.4. The summed E-state index contributed by atoms with van der Waals surface area (Å²) in [6.45, 7) is 3.68. The highest BCUT2D eigenvalue weighted by Gasteiger charge is 2.30. The summed E-state index contributed by atoms with van der Waals surface area (Å²) in [5.74, 6) is 0.296. The van der Waals surface area contributed by atoms with Gasteiger partial charge < -0.3 is 9.63 Å². The number of aliphatic hydroxyl groups is 1. The first-order valence-electron chi connectivity index (χ1n) is 6.45. The van der Waals surface area contributed by atoms with E-state index in [-0.39, 0.29) is 29.6 Å². The Balaban J connectivity index is 2.22. The molecule has 0 aliphatic heterocycles. The molecule has 1 aromatic carbocycles. The summed E-state index contributed by atoms with van der Waals surface area (Å²) in [4.78, 5) is 4.02. The van der Waals surface area contributed by atoms with Crippen molar-refractivity contribution in [2.24, 2.45) is 5.92 Å². The lowest BCUT2D eigenvalue weighted by atomic mass is 10.0. The third kappa shape index (κ3) is 3.81. The Hall–Kier alpha value is -1.89. The molecule has 1 heterocycles. The van der Waals surface area contributed by atoms with Crippen LogP contribution in [0.15, 0.2) is 28.8 Å². The van der Waals surface area contributed by atoms with E-state index >= 15 is 0 Å². The van der Waals surface area contributed by atoms with E-state index in [4.69, 9.17) is 4.52 Å². The van der Waals surface area contributed by atoms with Gasteiger partial charge in [-0.25, -0.2) is 0 Å². The van der Waals surface area contributed by atoms with Gasteiger partial charge in [0, 0.05) is 5.56 Å². The predicted molar refractivity (Wildman–Crippen MR) is 69.3 cm³/mol. The fraction of sp³-hybridized carbons (Fsp3) is 0.429. The molecule has 2 aromatic rings. The summed E-state index contributed by atoms with van der Waals surface area (Å²) in [6, 6.07) is 4.71. The first kappa shape index (κ1) is 15.5. The fourth-order valence-corrected chi connectivity index (χ4v) is 1.70. The number of nitrogens with zero attached hydrogens (tertiary/aromatic N) is 2. The Morgan fingerprint density at radius 2 is 2.00 bits per heavy atom. The SMILES string of the molecule is CC(C)C(O)Cc1nc(-c2cccc(C(F)(F)F)c2)no1. The van der Waals surface area contributed by atoms with E-state index in [2.05, 4.69) is 10.1 Å². The van der Waals surface area contributed by atoms with Crippen molar-refractivity contribution < 1.29 is 22.8 Å². The predicted octanol–water partition coefficient (Wildman–Crippen LogP) is 3.31. The molecular weight excluding hydrogens is 285 g/mol. The zero-order valence-corrected chi connectivity index (χ0v) is 11.6. The molecule has 0 aliphatic carbocycles. The van der Waals surface area contributed by atoms with Gasteiger partial charge in [-0.05, 0) is 18.1 Å². The number of hydrogen-bond donors (Lipinski definition) is 1. The number of halogens is 3. The molecule has 0 fully saturated rings. The van der Waals surface area contributed by atoms with Gasteiger partial charge in [-0.1, -0.05) is 31.1 Å². The summed E-state index contributed by atoms with van der Waals surface area (Å²) in [5.41, 5.74) is -0.549. The van der Waals surface area contributed by atoms with Crippen LogP contribution in [-0.4, -0.2) is 21.4 Å². The molecule has 21 heavy (non-hydrogen) atoms. The lowest BCUT2D eigenvalue weighted by Gasteiger charge is -2.10. The van der Waals surface area contributed by atoms with Crippen LogP contribution >= 0.6 is 0 Å². The quantitative estimate of drug-likeness (QED) is 0.941. The lowest BCUT2D eigenvalue weighted by Crippen LogP contribution is -2.17. The molecular formula is C14H15F3N2O2. The van der Waals surface area contributed by atoms with Crippen LogP contribution in [0.3, 0.4) is 0 Å². The largest absolute Gasteiger partial charge is 0.416 e. The molecule has 0 radical (unpaired) electrons. The van der Waals surface area contributed by atoms with Gasteiger partial charge in [-0.3, -0.25) is 0 Å². The number of aromatic nitrogens is 2. The number of aliphatic hydroxyl groups excluding tert-OH is 1. The topological polar surface area (TPSA) is 59.2 Å². The third-order valence-corrected chi connectivity index (χ3v) is 3.07. The summed E-state index contributed by atoms with van der Waals surface area (Å²) < 4.78 is 42.9. The number of benzene rings is 1. The first-order chi connectivity index (χ1) is 9.77. The van der Waals surface area contributed by atoms with Crippen molar-refractivity contribution in [1.82, 2.24) is 10.1 Å². The number of alkyl halides is 3. The van der Waals surface area contributed by atoms with Crippen molar-refractivity contribution in [3.63, 3.8) is 0 Å². The highest BCUT2D eigenvalue weighted by molar-refractivity contribution is 5.55. The molecule has 0 aliphatic rings. The Morgan fingerprint density at radius 1 is 1.29 bits per heavy atom. The maximum atomic E-state index is 12.7. The van der Waals surface area contributed by atoms with Crippen LogP contribution in [0.1, 0.15) is 25.3 Å². The van der Waals surface area contributed by atoms with Gasteiger partial charge in [0.05, 0.1) is 18.1 Å². The molecule has 2 rings (SSSR count). The monoisotopic (exact) mass is 300 g/mol. The van der Waals surface area contributed by atoms with E-state index in [1.165, 1.54) is 12.1 Å². The summed E-state index contributed by atoms with van der Waals surface area (Å²) >= 11 is 0. The van der Waals surface area contributed by atoms with Gasteiger partial charge in [0.25, 0.3) is 0 Å². The van der Waals surface area contributed by atoms with Crippen molar-refractivity contribution in [2.75, 3.05) is 0 Å². The minimum absolute atomic E-state index is 0.0221. The van der Waals surface area contributed by atoms with Gasteiger partial charge >= 0.3 is 6.18 Å². The van der Waals surface area contributed by atoms with Gasteiger partial charge in [0.2, 0.25) is 11.7 Å². The standard InChI is InChI=1S/C14H15F3N2O2/c1-8(2)11(20)7-12-18-13(19-21-12)9-4-3-5-10(6-9)14(15,16)17/h3-6,8,11,20H,7H2,1-2H3. The minimum Gasteiger partial charge on any atom is -0.392 e. The summed E-state index contributed by atoms with van der Waals surface area (Å²) in [6.07, 6.45) is -4.89. The normalized spacial score (nSPS) is 13.7. The molecule has 0 amide bonds. The summed E-state index contributed by atoms with van der Waals surface area (Å²) in [7, 11) is 0. The van der Waals surface area contributed by atoms with Crippen LogP contribution in [0.25, 0.3) is 11.4 Å². The van der Waals surface area contributed by atoms with Gasteiger partial charge in [-0.15, -0.1) is 0 Å². The van der Waals surface area contributed by atoms with Crippen LogP contribution < -0.4 is 0 Å². The maximum absolute atomic E-state index is 12.7. The van der Waals surface area contributed by atoms with E-state index in [9.17, 15) is 18.3 Å². The summed E-state index contributed by atoms with van der Waals surface area (Å²) in [5, 5.41) is 13.4. The first-order valence-corrected chi connectivity index (χ1v) is 6.45. The molecule has 0 spiro atoms. The average molecular weight is 300 g/mol. The Labute approximate surface area is 119 Å².